The summed E-state index contributed by atoms with van der Waals surface area (Å²) in [6.07, 6.45) is 5.44. The minimum atomic E-state index is -0.606. The Kier molecular flexibility index (Phi) is 9.16. The van der Waals surface area contributed by atoms with Crippen LogP contribution in [0.3, 0.4) is 0 Å². The lowest BCUT2D eigenvalue weighted by atomic mass is 9.69. The van der Waals surface area contributed by atoms with E-state index >= 15 is 0 Å². The third-order valence-electron chi connectivity index (χ3n) is 9.10. The molecule has 2 amide bonds. The molecule has 1 saturated carbocycles. The third-order valence-corrected chi connectivity index (χ3v) is 9.33. The van der Waals surface area contributed by atoms with Gasteiger partial charge in [-0.2, -0.15) is 5.11 Å². The lowest BCUT2D eigenvalue weighted by Gasteiger charge is -2.47. The largest absolute Gasteiger partial charge is 0.345 e. The molecule has 1 N–H and O–H groups in total. The number of aliphatic imine (C=N–C) groups is 2. The van der Waals surface area contributed by atoms with Gasteiger partial charge in [0.1, 0.15) is 11.4 Å². The second kappa shape index (κ2) is 12.7. The first-order valence-electron chi connectivity index (χ1n) is 15.5. The van der Waals surface area contributed by atoms with Gasteiger partial charge in [0.25, 0.3) is 11.8 Å². The fraction of sp³-hybridized carbons (Fsp3) is 0.529. The third kappa shape index (κ3) is 6.90. The molecule has 1 spiro atoms. The summed E-state index contributed by atoms with van der Waals surface area (Å²) in [6, 6.07) is 15.0. The van der Waals surface area contributed by atoms with E-state index in [-0.39, 0.29) is 29.8 Å². The Balaban J connectivity index is 1.47. The zero-order valence-corrected chi connectivity index (χ0v) is 26.7. The van der Waals surface area contributed by atoms with Crippen LogP contribution in [-0.2, 0) is 4.79 Å². The number of nitrogens with one attached hydrogen (secondary N) is 1. The summed E-state index contributed by atoms with van der Waals surface area (Å²) in [5, 5.41) is 11.2. The summed E-state index contributed by atoms with van der Waals surface area (Å²) in [5.74, 6) is 1.33. The van der Waals surface area contributed by atoms with Crippen molar-refractivity contribution >= 4 is 35.0 Å². The molecule has 1 atom stereocenters. The van der Waals surface area contributed by atoms with E-state index < -0.39 is 5.66 Å². The number of carbonyl (C=O) groups excluding carboxylic acids is 2. The van der Waals surface area contributed by atoms with Crippen molar-refractivity contribution in [3.63, 3.8) is 0 Å². The highest BCUT2D eigenvalue weighted by Crippen LogP contribution is 2.50. The molecule has 1 fully saturated rings. The van der Waals surface area contributed by atoms with Crippen LogP contribution in [0, 0.1) is 17.3 Å². The van der Waals surface area contributed by atoms with Gasteiger partial charge in [0.05, 0.1) is 12.6 Å². The van der Waals surface area contributed by atoms with E-state index in [2.05, 4.69) is 60.1 Å². The Labute approximate surface area is 260 Å². The molecular weight excluding hydrogens is 560 g/mol. The van der Waals surface area contributed by atoms with Crippen LogP contribution < -0.4 is 5.32 Å². The molecule has 2 heterocycles. The van der Waals surface area contributed by atoms with Gasteiger partial charge >= 0.3 is 0 Å². The molecule has 2 aromatic carbocycles. The SMILES string of the molecule is CC(C)CC[C@H](c1ccc(C(=O)NCC2=NCN=N2)cc1)N1C(=O)C(c2cccc(Cl)c2)=NC12CCC(C(C)(C)C)CC2. The number of amidine groups is 1. The van der Waals surface area contributed by atoms with Crippen molar-refractivity contribution in [2.45, 2.75) is 84.8 Å². The van der Waals surface area contributed by atoms with E-state index in [4.69, 9.17) is 16.6 Å². The van der Waals surface area contributed by atoms with Gasteiger partial charge in [0.2, 0.25) is 0 Å². The summed E-state index contributed by atoms with van der Waals surface area (Å²) in [7, 11) is 0. The topological polar surface area (TPSA) is 98.9 Å². The van der Waals surface area contributed by atoms with Crippen LogP contribution >= 0.6 is 11.6 Å². The standard InChI is InChI=1S/C34H43ClN6O2/c1-22(2)9-14-28(23-10-12-24(13-11-23)31(42)36-20-29-37-21-38-40-29)41-32(43)30(25-7-6-8-27(35)19-25)39-34(41)17-15-26(16-18-34)33(3,4)5/h6-8,10-13,19,22,26,28H,9,14-18,20-21H2,1-5H3,(H,36,42)/t26?,28-,34?/m1/s1. The fourth-order valence-corrected chi connectivity index (χ4v) is 6.76. The van der Waals surface area contributed by atoms with Gasteiger partial charge < -0.3 is 10.2 Å². The molecule has 2 aliphatic heterocycles. The van der Waals surface area contributed by atoms with E-state index in [1.807, 2.05) is 48.5 Å². The van der Waals surface area contributed by atoms with Crippen molar-refractivity contribution in [3.05, 3.63) is 70.2 Å². The summed E-state index contributed by atoms with van der Waals surface area (Å²) < 4.78 is 0. The highest BCUT2D eigenvalue weighted by atomic mass is 35.5. The normalized spacial score (nSPS) is 22.7. The zero-order valence-electron chi connectivity index (χ0n) is 25.9. The first kappa shape index (κ1) is 31.0. The van der Waals surface area contributed by atoms with Crippen LogP contribution in [-0.4, -0.2) is 47.1 Å². The van der Waals surface area contributed by atoms with Gasteiger partial charge in [0, 0.05) is 16.1 Å². The van der Waals surface area contributed by atoms with Crippen molar-refractivity contribution in [2.75, 3.05) is 13.2 Å². The van der Waals surface area contributed by atoms with Crippen LogP contribution in [0.5, 0.6) is 0 Å². The van der Waals surface area contributed by atoms with Crippen molar-refractivity contribution < 1.29 is 9.59 Å². The molecule has 0 bridgehead atoms. The molecule has 0 aromatic heterocycles. The lowest BCUT2D eigenvalue weighted by molar-refractivity contribution is -0.133. The fourth-order valence-electron chi connectivity index (χ4n) is 6.57. The van der Waals surface area contributed by atoms with E-state index in [9.17, 15) is 9.59 Å². The summed E-state index contributed by atoms with van der Waals surface area (Å²) in [6.45, 7) is 11.9. The maximum atomic E-state index is 14.5. The molecule has 2 aromatic rings. The summed E-state index contributed by atoms with van der Waals surface area (Å²) in [4.78, 5) is 38.8. The van der Waals surface area contributed by atoms with E-state index in [1.165, 1.54) is 0 Å². The molecule has 9 heteroatoms. The van der Waals surface area contributed by atoms with Gasteiger partial charge in [-0.05, 0) is 85.6 Å². The number of amides is 2. The van der Waals surface area contributed by atoms with E-state index in [1.54, 1.807) is 0 Å². The van der Waals surface area contributed by atoms with Crippen LogP contribution in [0.4, 0.5) is 0 Å². The minimum Gasteiger partial charge on any atom is -0.345 e. The van der Waals surface area contributed by atoms with Crippen molar-refractivity contribution in [2.24, 2.45) is 37.5 Å². The van der Waals surface area contributed by atoms with Crippen LogP contribution in [0.1, 0.15) is 101 Å². The highest BCUT2D eigenvalue weighted by Gasteiger charge is 2.52. The maximum Gasteiger partial charge on any atom is 0.275 e. The minimum absolute atomic E-state index is 0.0430. The lowest BCUT2D eigenvalue weighted by Crippen LogP contribution is -2.51. The second-order valence-electron chi connectivity index (χ2n) is 13.5. The first-order valence-corrected chi connectivity index (χ1v) is 15.8. The number of hydrogen-bond donors (Lipinski definition) is 1. The average molecular weight is 603 g/mol. The monoisotopic (exact) mass is 602 g/mol. The van der Waals surface area contributed by atoms with E-state index in [0.717, 1.165) is 49.7 Å². The van der Waals surface area contributed by atoms with Gasteiger partial charge in [-0.1, -0.05) is 70.5 Å². The smallest absolute Gasteiger partial charge is 0.275 e. The number of halogens is 1. The molecule has 0 saturated heterocycles. The molecule has 0 radical (unpaired) electrons. The Morgan fingerprint density at radius 1 is 1.09 bits per heavy atom. The molecule has 43 heavy (non-hydrogen) atoms. The van der Waals surface area contributed by atoms with Gasteiger partial charge in [-0.25, -0.2) is 4.99 Å². The first-order chi connectivity index (χ1) is 20.5. The Morgan fingerprint density at radius 3 is 2.42 bits per heavy atom. The van der Waals surface area contributed by atoms with Crippen LogP contribution in [0.2, 0.25) is 5.02 Å². The molecule has 3 aliphatic rings. The Bertz CT molecular complexity index is 1430. The number of rotatable bonds is 9. The number of carbonyl (C=O) groups is 2. The second-order valence-corrected chi connectivity index (χ2v) is 14.0. The predicted molar refractivity (Wildman–Crippen MR) is 172 cm³/mol. The van der Waals surface area contributed by atoms with Crippen LogP contribution in [0.25, 0.3) is 0 Å². The number of benzene rings is 2. The molecule has 8 nitrogen and oxygen atoms in total. The molecule has 1 aliphatic carbocycles. The number of nitrogens with zero attached hydrogens (tertiary/aromatic N) is 5. The van der Waals surface area contributed by atoms with Gasteiger partial charge in [-0.15, -0.1) is 5.11 Å². The predicted octanol–water partition coefficient (Wildman–Crippen LogP) is 7.63. The quantitative estimate of drug-likeness (QED) is 0.319. The van der Waals surface area contributed by atoms with E-state index in [0.29, 0.717) is 40.6 Å². The van der Waals surface area contributed by atoms with Crippen molar-refractivity contribution in [1.82, 2.24) is 10.2 Å². The molecule has 5 rings (SSSR count). The Hall–Kier alpha value is -3.39. The maximum absolute atomic E-state index is 14.5. The summed E-state index contributed by atoms with van der Waals surface area (Å²) in [5.41, 5.74) is 2.41. The highest BCUT2D eigenvalue weighted by molar-refractivity contribution is 6.47. The molecule has 0 unspecified atom stereocenters. The Morgan fingerprint density at radius 2 is 1.81 bits per heavy atom. The zero-order chi connectivity index (χ0) is 30.8. The molecule has 228 valence electrons. The summed E-state index contributed by atoms with van der Waals surface area (Å²) >= 11 is 6.37. The average Bonchev–Trinajstić information content (AvgIpc) is 3.59. The van der Waals surface area contributed by atoms with Gasteiger partial charge in [0.15, 0.2) is 12.5 Å². The number of hydrogen-bond acceptors (Lipinski definition) is 6. The molecular formula is C34H43ClN6O2. The van der Waals surface area contributed by atoms with Crippen LogP contribution in [0.15, 0.2) is 68.7 Å². The van der Waals surface area contributed by atoms with Gasteiger partial charge in [-0.3, -0.25) is 14.6 Å². The van der Waals surface area contributed by atoms with Crippen molar-refractivity contribution in [3.8, 4) is 0 Å². The number of azo groups is 1. The van der Waals surface area contributed by atoms with Crippen molar-refractivity contribution in [1.29, 1.82) is 0 Å².